The first-order valence-corrected chi connectivity index (χ1v) is 8.52. The molecule has 0 aromatic heterocycles. The van der Waals surface area contributed by atoms with Gasteiger partial charge in [-0.15, -0.1) is 0 Å². The van der Waals surface area contributed by atoms with E-state index >= 15 is 0 Å². The van der Waals surface area contributed by atoms with Crippen LogP contribution in [0.3, 0.4) is 0 Å². The van der Waals surface area contributed by atoms with Crippen molar-refractivity contribution in [3.05, 3.63) is 71.3 Å². The van der Waals surface area contributed by atoms with E-state index in [0.29, 0.717) is 13.1 Å². The number of benzene rings is 2. The van der Waals surface area contributed by atoms with Gasteiger partial charge in [-0.25, -0.2) is 0 Å². The van der Waals surface area contributed by atoms with Gasteiger partial charge in [0, 0.05) is 24.9 Å². The van der Waals surface area contributed by atoms with E-state index in [1.54, 1.807) is 4.90 Å². The van der Waals surface area contributed by atoms with Gasteiger partial charge in [-0.2, -0.15) is 0 Å². The molecule has 0 saturated carbocycles. The topological polar surface area (TPSA) is 57.6 Å². The predicted octanol–water partition coefficient (Wildman–Crippen LogP) is 3.60. The number of aliphatic carboxylic acids is 1. The smallest absolute Gasteiger partial charge is 0.307 e. The number of carboxylic acids is 1. The number of hydrogen-bond donors (Lipinski definition) is 1. The van der Waals surface area contributed by atoms with E-state index in [1.165, 1.54) is 0 Å². The minimum atomic E-state index is -0.932. The third-order valence-electron chi connectivity index (χ3n) is 5.26. The fourth-order valence-corrected chi connectivity index (χ4v) is 3.53. The summed E-state index contributed by atoms with van der Waals surface area (Å²) in [6, 6.07) is 17.5. The van der Waals surface area contributed by atoms with Gasteiger partial charge in [0.25, 0.3) is 0 Å². The Kier molecular flexibility index (Phi) is 4.62. The first-order valence-electron chi connectivity index (χ1n) is 8.52. The summed E-state index contributed by atoms with van der Waals surface area (Å²) in [7, 11) is 0. The third kappa shape index (κ3) is 3.43. The molecule has 0 radical (unpaired) electrons. The van der Waals surface area contributed by atoms with Crippen LogP contribution in [0.15, 0.2) is 54.6 Å². The van der Waals surface area contributed by atoms with Crippen molar-refractivity contribution >= 4 is 11.9 Å². The monoisotopic (exact) mass is 337 g/mol. The number of carbonyl (C=O) groups is 2. The molecule has 4 nitrogen and oxygen atoms in total. The fourth-order valence-electron chi connectivity index (χ4n) is 3.53. The Hall–Kier alpha value is -2.62. The van der Waals surface area contributed by atoms with Gasteiger partial charge >= 0.3 is 5.97 Å². The van der Waals surface area contributed by atoms with Crippen molar-refractivity contribution in [3.63, 3.8) is 0 Å². The summed E-state index contributed by atoms with van der Waals surface area (Å²) in [4.78, 5) is 26.4. The highest BCUT2D eigenvalue weighted by atomic mass is 16.4. The average molecular weight is 337 g/mol. The summed E-state index contributed by atoms with van der Waals surface area (Å²) < 4.78 is 0. The van der Waals surface area contributed by atoms with Crippen LogP contribution in [-0.4, -0.2) is 21.9 Å². The maximum absolute atomic E-state index is 12.8. The summed E-state index contributed by atoms with van der Waals surface area (Å²) in [5, 5.41) is 9.76. The van der Waals surface area contributed by atoms with Crippen molar-refractivity contribution in [1.29, 1.82) is 0 Å². The van der Waals surface area contributed by atoms with Crippen LogP contribution in [0.1, 0.15) is 37.0 Å². The van der Waals surface area contributed by atoms with Crippen LogP contribution in [0, 0.1) is 5.92 Å². The molecule has 1 unspecified atom stereocenters. The molecule has 3 rings (SSSR count). The lowest BCUT2D eigenvalue weighted by Crippen LogP contribution is -2.39. The van der Waals surface area contributed by atoms with Crippen LogP contribution < -0.4 is 0 Å². The van der Waals surface area contributed by atoms with Crippen molar-refractivity contribution in [2.24, 2.45) is 5.92 Å². The molecule has 2 aromatic rings. The van der Waals surface area contributed by atoms with Crippen molar-refractivity contribution < 1.29 is 14.7 Å². The Morgan fingerprint density at radius 2 is 1.52 bits per heavy atom. The molecule has 1 aliphatic rings. The molecular formula is C21H23NO3. The second-order valence-electron chi connectivity index (χ2n) is 7.20. The molecule has 0 aliphatic carbocycles. The highest BCUT2D eigenvalue weighted by molar-refractivity contribution is 5.84. The Balaban J connectivity index is 1.77. The first-order chi connectivity index (χ1) is 11.9. The highest BCUT2D eigenvalue weighted by Gasteiger charge is 2.39. The molecule has 0 fully saturated rings. The Labute approximate surface area is 148 Å². The lowest BCUT2D eigenvalue weighted by Gasteiger charge is -2.32. The van der Waals surface area contributed by atoms with E-state index in [1.807, 2.05) is 68.4 Å². The first kappa shape index (κ1) is 17.2. The van der Waals surface area contributed by atoms with E-state index in [0.717, 1.165) is 16.7 Å². The summed E-state index contributed by atoms with van der Waals surface area (Å²) in [5.74, 6) is -1.81. The quantitative estimate of drug-likeness (QED) is 0.907. The van der Waals surface area contributed by atoms with Crippen LogP contribution in [0.5, 0.6) is 0 Å². The predicted molar refractivity (Wildman–Crippen MR) is 95.9 cm³/mol. The lowest BCUT2D eigenvalue weighted by molar-refractivity contribution is -0.148. The summed E-state index contributed by atoms with van der Waals surface area (Å²) in [6.45, 7) is 4.92. The molecular weight excluding hydrogens is 314 g/mol. The maximum Gasteiger partial charge on any atom is 0.307 e. The summed E-state index contributed by atoms with van der Waals surface area (Å²) in [5.41, 5.74) is 2.59. The zero-order chi connectivity index (χ0) is 18.0. The normalized spacial score (nSPS) is 14.9. The van der Waals surface area contributed by atoms with Gasteiger partial charge in [-0.05, 0) is 16.7 Å². The van der Waals surface area contributed by atoms with E-state index < -0.39 is 17.3 Å². The van der Waals surface area contributed by atoms with Crippen molar-refractivity contribution in [2.45, 2.75) is 38.8 Å². The van der Waals surface area contributed by atoms with Gasteiger partial charge in [0.05, 0.1) is 5.92 Å². The number of carboxylic acid groups (broad SMARTS) is 1. The van der Waals surface area contributed by atoms with Gasteiger partial charge < -0.3 is 10.0 Å². The van der Waals surface area contributed by atoms with Crippen LogP contribution in [0.25, 0.3) is 0 Å². The highest BCUT2D eigenvalue weighted by Crippen LogP contribution is 2.35. The molecule has 1 heterocycles. The number of fused-ring (bicyclic) bond motifs is 1. The molecule has 1 aliphatic heterocycles. The molecule has 0 saturated heterocycles. The Morgan fingerprint density at radius 1 is 1.00 bits per heavy atom. The van der Waals surface area contributed by atoms with Crippen LogP contribution in [-0.2, 0) is 28.1 Å². The van der Waals surface area contributed by atoms with Crippen molar-refractivity contribution in [1.82, 2.24) is 4.90 Å². The molecule has 1 N–H and O–H groups in total. The number of rotatable bonds is 5. The van der Waals surface area contributed by atoms with Crippen LogP contribution in [0.4, 0.5) is 0 Å². The Morgan fingerprint density at radius 3 is 2.04 bits per heavy atom. The van der Waals surface area contributed by atoms with Crippen molar-refractivity contribution in [3.8, 4) is 0 Å². The van der Waals surface area contributed by atoms with Gasteiger partial charge in [-0.3, -0.25) is 9.59 Å². The molecule has 1 amide bonds. The molecule has 0 spiro atoms. The van der Waals surface area contributed by atoms with Gasteiger partial charge in [0.15, 0.2) is 0 Å². The molecule has 130 valence electrons. The van der Waals surface area contributed by atoms with Gasteiger partial charge in [0.1, 0.15) is 0 Å². The van der Waals surface area contributed by atoms with E-state index in [-0.39, 0.29) is 12.3 Å². The van der Waals surface area contributed by atoms with Crippen LogP contribution in [0.2, 0.25) is 0 Å². The minimum absolute atomic E-state index is 0.00517. The summed E-state index contributed by atoms with van der Waals surface area (Å²) >= 11 is 0. The molecule has 4 heteroatoms. The molecule has 25 heavy (non-hydrogen) atoms. The van der Waals surface area contributed by atoms with E-state index in [4.69, 9.17) is 0 Å². The SMILES string of the molecule is CC(C)(c1ccccc1)C(CC(=O)N1Cc2ccccc2C1)C(=O)O. The van der Waals surface area contributed by atoms with Gasteiger partial charge in [-0.1, -0.05) is 68.4 Å². The zero-order valence-electron chi connectivity index (χ0n) is 14.6. The zero-order valence-corrected chi connectivity index (χ0v) is 14.6. The second-order valence-corrected chi connectivity index (χ2v) is 7.20. The largest absolute Gasteiger partial charge is 0.481 e. The Bertz CT molecular complexity index is 758. The number of nitrogens with zero attached hydrogens (tertiary/aromatic N) is 1. The second kappa shape index (κ2) is 6.71. The average Bonchev–Trinajstić information content (AvgIpc) is 3.04. The summed E-state index contributed by atoms with van der Waals surface area (Å²) in [6.07, 6.45) is 0.00517. The van der Waals surface area contributed by atoms with Gasteiger partial charge in [0.2, 0.25) is 5.91 Å². The number of amides is 1. The number of hydrogen-bond acceptors (Lipinski definition) is 2. The minimum Gasteiger partial charge on any atom is -0.481 e. The van der Waals surface area contributed by atoms with E-state index in [2.05, 4.69) is 0 Å². The lowest BCUT2D eigenvalue weighted by atomic mass is 9.72. The van der Waals surface area contributed by atoms with Crippen molar-refractivity contribution in [2.75, 3.05) is 0 Å². The molecule has 2 aromatic carbocycles. The van der Waals surface area contributed by atoms with Crippen LogP contribution >= 0.6 is 0 Å². The number of carbonyl (C=O) groups excluding carboxylic acids is 1. The molecule has 1 atom stereocenters. The molecule has 0 bridgehead atoms. The fraction of sp³-hybridized carbons (Fsp3) is 0.333. The van der Waals surface area contributed by atoms with E-state index in [9.17, 15) is 14.7 Å². The third-order valence-corrected chi connectivity index (χ3v) is 5.26. The standard InChI is InChI=1S/C21H23NO3/c1-21(2,17-10-4-3-5-11-17)18(20(24)25)12-19(23)22-13-15-8-6-7-9-16(15)14-22/h3-11,18H,12-14H2,1-2H3,(H,24,25). The maximum atomic E-state index is 12.8.